The maximum Gasteiger partial charge on any atom is 0.321 e. The van der Waals surface area contributed by atoms with E-state index in [4.69, 9.17) is 23.2 Å². The van der Waals surface area contributed by atoms with Crippen molar-refractivity contribution in [3.8, 4) is 0 Å². The van der Waals surface area contributed by atoms with Crippen molar-refractivity contribution in [1.82, 2.24) is 9.80 Å². The molecule has 2 amide bonds. The first-order valence-corrected chi connectivity index (χ1v) is 8.55. The molecule has 0 aliphatic carbocycles. The van der Waals surface area contributed by atoms with E-state index in [9.17, 15) is 4.79 Å². The Labute approximate surface area is 142 Å². The number of nitrogens with zero attached hydrogens (tertiary/aromatic N) is 2. The Morgan fingerprint density at radius 2 is 1.73 bits per heavy atom. The number of amides is 2. The van der Waals surface area contributed by atoms with Crippen molar-refractivity contribution in [1.29, 1.82) is 0 Å². The van der Waals surface area contributed by atoms with Gasteiger partial charge < -0.3 is 10.2 Å². The second-order valence-electron chi connectivity index (χ2n) is 5.68. The van der Waals surface area contributed by atoms with Crippen LogP contribution in [0.3, 0.4) is 0 Å². The Morgan fingerprint density at radius 3 is 2.23 bits per heavy atom. The molecule has 0 bridgehead atoms. The summed E-state index contributed by atoms with van der Waals surface area (Å²) in [5.41, 5.74) is 0.630. The van der Waals surface area contributed by atoms with Gasteiger partial charge in [-0.15, -0.1) is 0 Å². The number of rotatable bonds is 6. The molecule has 1 fully saturated rings. The van der Waals surface area contributed by atoms with E-state index in [0.717, 1.165) is 39.0 Å². The molecule has 1 aromatic rings. The van der Waals surface area contributed by atoms with Gasteiger partial charge in [-0.05, 0) is 44.1 Å². The zero-order chi connectivity index (χ0) is 16.1. The van der Waals surface area contributed by atoms with Crippen LogP contribution in [0, 0.1) is 0 Å². The first kappa shape index (κ1) is 17.4. The molecule has 0 atom stereocenters. The third-order valence-corrected chi connectivity index (χ3v) is 4.24. The number of urea groups is 1. The minimum absolute atomic E-state index is 0.0949. The van der Waals surface area contributed by atoms with E-state index in [-0.39, 0.29) is 6.03 Å². The third-order valence-electron chi connectivity index (χ3n) is 3.80. The van der Waals surface area contributed by atoms with E-state index >= 15 is 0 Å². The van der Waals surface area contributed by atoms with Crippen molar-refractivity contribution < 1.29 is 4.79 Å². The molecule has 1 heterocycles. The molecule has 0 unspecified atom stereocenters. The normalized spacial score (nSPS) is 15.0. The summed E-state index contributed by atoms with van der Waals surface area (Å²) in [6.45, 7) is 8.12. The Balaban J connectivity index is 1.85. The average molecular weight is 344 g/mol. The minimum atomic E-state index is -0.0949. The van der Waals surface area contributed by atoms with Gasteiger partial charge in [0.15, 0.2) is 0 Å². The molecule has 1 aliphatic rings. The maximum absolute atomic E-state index is 12.2. The second kappa shape index (κ2) is 8.04. The number of hydrogen-bond acceptors (Lipinski definition) is 2. The van der Waals surface area contributed by atoms with Crippen LogP contribution in [0.1, 0.15) is 26.7 Å². The van der Waals surface area contributed by atoms with Gasteiger partial charge in [-0.25, -0.2) is 4.79 Å². The van der Waals surface area contributed by atoms with Crippen LogP contribution in [0.4, 0.5) is 10.5 Å². The zero-order valence-corrected chi connectivity index (χ0v) is 14.6. The van der Waals surface area contributed by atoms with Gasteiger partial charge in [-0.2, -0.15) is 0 Å². The van der Waals surface area contributed by atoms with Crippen LogP contribution in [-0.2, 0) is 0 Å². The molecule has 1 saturated heterocycles. The van der Waals surface area contributed by atoms with Gasteiger partial charge in [0.05, 0.1) is 0 Å². The Kier molecular flexibility index (Phi) is 6.36. The van der Waals surface area contributed by atoms with Crippen molar-refractivity contribution in [2.75, 3.05) is 31.5 Å². The number of hydrogen-bond donors (Lipinski definition) is 1. The topological polar surface area (TPSA) is 35.6 Å². The summed E-state index contributed by atoms with van der Waals surface area (Å²) >= 11 is 11.9. The summed E-state index contributed by atoms with van der Waals surface area (Å²) in [7, 11) is 0. The lowest BCUT2D eigenvalue weighted by Gasteiger charge is -2.45. The summed E-state index contributed by atoms with van der Waals surface area (Å²) in [6, 6.07) is 5.42. The number of carbonyl (C=O) groups is 1. The molecule has 22 heavy (non-hydrogen) atoms. The standard InChI is InChI=1S/C16H23Cl2N3O/c1-3-5-20(6-4-2)15-10-21(11-15)16(22)19-14-8-12(17)7-13(18)9-14/h7-9,15H,3-6,10-11H2,1-2H3,(H,19,22). The lowest BCUT2D eigenvalue weighted by Crippen LogP contribution is -2.62. The third kappa shape index (κ3) is 4.51. The van der Waals surface area contributed by atoms with Gasteiger partial charge in [-0.3, -0.25) is 4.90 Å². The molecule has 4 nitrogen and oxygen atoms in total. The number of anilines is 1. The van der Waals surface area contributed by atoms with E-state index in [2.05, 4.69) is 24.1 Å². The average Bonchev–Trinajstić information content (AvgIpc) is 2.36. The highest BCUT2D eigenvalue weighted by Crippen LogP contribution is 2.24. The van der Waals surface area contributed by atoms with E-state index in [1.54, 1.807) is 18.2 Å². The van der Waals surface area contributed by atoms with Crippen LogP contribution < -0.4 is 5.32 Å². The fourth-order valence-electron chi connectivity index (χ4n) is 2.73. The van der Waals surface area contributed by atoms with E-state index in [1.807, 2.05) is 4.90 Å². The van der Waals surface area contributed by atoms with Crippen molar-refractivity contribution in [2.45, 2.75) is 32.7 Å². The quantitative estimate of drug-likeness (QED) is 0.834. The molecular formula is C16H23Cl2N3O. The highest BCUT2D eigenvalue weighted by atomic mass is 35.5. The Morgan fingerprint density at radius 1 is 1.18 bits per heavy atom. The molecular weight excluding hydrogens is 321 g/mol. The van der Waals surface area contributed by atoms with Crippen molar-refractivity contribution in [3.63, 3.8) is 0 Å². The number of benzene rings is 1. The summed E-state index contributed by atoms with van der Waals surface area (Å²) in [4.78, 5) is 16.5. The monoisotopic (exact) mass is 343 g/mol. The van der Waals surface area contributed by atoms with Crippen LogP contribution in [-0.4, -0.2) is 48.1 Å². The van der Waals surface area contributed by atoms with Crippen LogP contribution >= 0.6 is 23.2 Å². The van der Waals surface area contributed by atoms with Crippen LogP contribution in [0.25, 0.3) is 0 Å². The molecule has 1 N–H and O–H groups in total. The Bertz CT molecular complexity index is 492. The predicted molar refractivity (Wildman–Crippen MR) is 93.0 cm³/mol. The van der Waals surface area contributed by atoms with E-state index in [1.165, 1.54) is 0 Å². The van der Waals surface area contributed by atoms with Gasteiger partial charge in [0.1, 0.15) is 0 Å². The van der Waals surface area contributed by atoms with Crippen molar-refractivity contribution in [3.05, 3.63) is 28.2 Å². The van der Waals surface area contributed by atoms with Crippen LogP contribution in [0.15, 0.2) is 18.2 Å². The van der Waals surface area contributed by atoms with E-state index < -0.39 is 0 Å². The lowest BCUT2D eigenvalue weighted by molar-refractivity contribution is 0.0614. The number of nitrogens with one attached hydrogen (secondary N) is 1. The largest absolute Gasteiger partial charge is 0.321 e. The SMILES string of the molecule is CCCN(CCC)C1CN(C(=O)Nc2cc(Cl)cc(Cl)c2)C1. The lowest BCUT2D eigenvalue weighted by atomic mass is 10.1. The second-order valence-corrected chi connectivity index (χ2v) is 6.56. The molecule has 0 radical (unpaired) electrons. The highest BCUT2D eigenvalue weighted by molar-refractivity contribution is 6.35. The summed E-state index contributed by atoms with van der Waals surface area (Å²) < 4.78 is 0. The van der Waals surface area contributed by atoms with Gasteiger partial charge in [0, 0.05) is 34.9 Å². The number of halogens is 2. The minimum Gasteiger partial charge on any atom is -0.321 e. The molecule has 0 spiro atoms. The summed E-state index contributed by atoms with van der Waals surface area (Å²) in [5.74, 6) is 0. The first-order valence-electron chi connectivity index (χ1n) is 7.79. The number of likely N-dealkylation sites (tertiary alicyclic amines) is 1. The first-order chi connectivity index (χ1) is 10.5. The van der Waals surface area contributed by atoms with Crippen LogP contribution in [0.5, 0.6) is 0 Å². The molecule has 122 valence electrons. The van der Waals surface area contributed by atoms with Crippen LogP contribution in [0.2, 0.25) is 10.0 Å². The molecule has 6 heteroatoms. The van der Waals surface area contributed by atoms with Gasteiger partial charge >= 0.3 is 6.03 Å². The van der Waals surface area contributed by atoms with Gasteiger partial charge in [0.2, 0.25) is 0 Å². The summed E-state index contributed by atoms with van der Waals surface area (Å²) in [5, 5.41) is 3.88. The fraction of sp³-hybridized carbons (Fsp3) is 0.562. The molecule has 1 aromatic carbocycles. The summed E-state index contributed by atoms with van der Waals surface area (Å²) in [6.07, 6.45) is 2.29. The smallest absolute Gasteiger partial charge is 0.321 e. The molecule has 2 rings (SSSR count). The fourth-order valence-corrected chi connectivity index (χ4v) is 3.26. The Hall–Kier alpha value is -0.970. The van der Waals surface area contributed by atoms with Crippen molar-refractivity contribution >= 4 is 34.9 Å². The zero-order valence-electron chi connectivity index (χ0n) is 13.1. The molecule has 0 aromatic heterocycles. The van der Waals surface area contributed by atoms with Crippen molar-refractivity contribution in [2.24, 2.45) is 0 Å². The van der Waals surface area contributed by atoms with E-state index in [0.29, 0.717) is 21.8 Å². The maximum atomic E-state index is 12.2. The highest BCUT2D eigenvalue weighted by Gasteiger charge is 2.34. The molecule has 1 aliphatic heterocycles. The molecule has 0 saturated carbocycles. The van der Waals surface area contributed by atoms with Gasteiger partial charge in [-0.1, -0.05) is 37.0 Å². The van der Waals surface area contributed by atoms with Gasteiger partial charge in [0.25, 0.3) is 0 Å². The predicted octanol–water partition coefficient (Wildman–Crippen LogP) is 4.33. The number of carbonyl (C=O) groups excluding carboxylic acids is 1.